The van der Waals surface area contributed by atoms with Gasteiger partial charge in [0.15, 0.2) is 5.82 Å². The summed E-state index contributed by atoms with van der Waals surface area (Å²) in [7, 11) is 0. The molecule has 3 aromatic rings. The van der Waals surface area contributed by atoms with Gasteiger partial charge in [-0.3, -0.25) is 4.79 Å². The van der Waals surface area contributed by atoms with Crippen LogP contribution in [0.25, 0.3) is 11.5 Å². The molecule has 132 valence electrons. The van der Waals surface area contributed by atoms with E-state index in [1.165, 1.54) is 0 Å². The molecule has 0 radical (unpaired) electrons. The van der Waals surface area contributed by atoms with Gasteiger partial charge in [-0.25, -0.2) is 0 Å². The molecular formula is C20H19N3O3. The normalized spacial score (nSPS) is 16.7. The summed E-state index contributed by atoms with van der Waals surface area (Å²) < 4.78 is 11.1. The lowest BCUT2D eigenvalue weighted by atomic mass is 10.1. The van der Waals surface area contributed by atoms with E-state index >= 15 is 0 Å². The number of nitrogens with zero attached hydrogens (tertiary/aromatic N) is 3. The molecule has 0 saturated carbocycles. The van der Waals surface area contributed by atoms with Crippen LogP contribution >= 0.6 is 0 Å². The Labute approximate surface area is 151 Å². The Hall–Kier alpha value is -3.15. The summed E-state index contributed by atoms with van der Waals surface area (Å²) in [6, 6.07) is 17.0. The van der Waals surface area contributed by atoms with Crippen LogP contribution in [-0.2, 0) is 0 Å². The fourth-order valence-corrected chi connectivity index (χ4v) is 3.05. The van der Waals surface area contributed by atoms with E-state index in [0.29, 0.717) is 30.4 Å². The minimum Gasteiger partial charge on any atom is -0.489 e. The van der Waals surface area contributed by atoms with E-state index in [1.54, 1.807) is 19.1 Å². The van der Waals surface area contributed by atoms with Gasteiger partial charge in [0.1, 0.15) is 11.9 Å². The smallest absolute Gasteiger partial charge is 0.257 e. The second-order valence-electron chi connectivity index (χ2n) is 6.32. The maximum absolute atomic E-state index is 12.7. The summed E-state index contributed by atoms with van der Waals surface area (Å²) in [5, 5.41) is 3.78. The highest BCUT2D eigenvalue weighted by molar-refractivity contribution is 5.94. The van der Waals surface area contributed by atoms with Crippen molar-refractivity contribution in [1.82, 2.24) is 15.0 Å². The van der Waals surface area contributed by atoms with Gasteiger partial charge >= 0.3 is 0 Å². The van der Waals surface area contributed by atoms with Crippen LogP contribution in [0.15, 0.2) is 59.1 Å². The summed E-state index contributed by atoms with van der Waals surface area (Å²) in [6.07, 6.45) is 0.863. The van der Waals surface area contributed by atoms with Gasteiger partial charge in [0, 0.05) is 24.1 Å². The number of aromatic nitrogens is 2. The molecule has 0 N–H and O–H groups in total. The van der Waals surface area contributed by atoms with Crippen molar-refractivity contribution in [3.63, 3.8) is 0 Å². The molecule has 1 aliphatic rings. The van der Waals surface area contributed by atoms with E-state index in [-0.39, 0.29) is 12.0 Å². The van der Waals surface area contributed by atoms with Crippen molar-refractivity contribution in [1.29, 1.82) is 0 Å². The zero-order valence-electron chi connectivity index (χ0n) is 14.5. The van der Waals surface area contributed by atoms with Crippen LogP contribution in [0.1, 0.15) is 22.6 Å². The topological polar surface area (TPSA) is 68.5 Å². The van der Waals surface area contributed by atoms with E-state index in [1.807, 2.05) is 47.4 Å². The molecule has 0 bridgehead atoms. The molecule has 0 aliphatic carbocycles. The fourth-order valence-electron chi connectivity index (χ4n) is 3.05. The van der Waals surface area contributed by atoms with Crippen molar-refractivity contribution in [2.24, 2.45) is 0 Å². The number of aryl methyl sites for hydroxylation is 1. The van der Waals surface area contributed by atoms with Crippen molar-refractivity contribution in [3.8, 4) is 17.2 Å². The first kappa shape index (κ1) is 16.3. The first-order valence-electron chi connectivity index (χ1n) is 8.61. The molecule has 2 aromatic carbocycles. The monoisotopic (exact) mass is 349 g/mol. The SMILES string of the molecule is Cc1noc(-c2ccc(C(=O)N3CC[C@H](Oc4ccccc4)C3)cc2)n1. The number of hydrogen-bond donors (Lipinski definition) is 0. The summed E-state index contributed by atoms with van der Waals surface area (Å²) in [5.74, 6) is 1.89. The van der Waals surface area contributed by atoms with Crippen molar-refractivity contribution in [2.75, 3.05) is 13.1 Å². The Bertz CT molecular complexity index is 890. The Kier molecular flexibility index (Phi) is 4.39. The van der Waals surface area contributed by atoms with E-state index < -0.39 is 0 Å². The molecule has 0 spiro atoms. The number of likely N-dealkylation sites (tertiary alicyclic amines) is 1. The van der Waals surface area contributed by atoms with Crippen LogP contribution in [0.5, 0.6) is 5.75 Å². The highest BCUT2D eigenvalue weighted by Gasteiger charge is 2.28. The number of carbonyl (C=O) groups excluding carboxylic acids is 1. The maximum Gasteiger partial charge on any atom is 0.257 e. The molecule has 26 heavy (non-hydrogen) atoms. The van der Waals surface area contributed by atoms with E-state index in [2.05, 4.69) is 10.1 Å². The van der Waals surface area contributed by atoms with Crippen LogP contribution < -0.4 is 4.74 Å². The molecule has 1 fully saturated rings. The second-order valence-corrected chi connectivity index (χ2v) is 6.32. The van der Waals surface area contributed by atoms with Crippen LogP contribution in [0.2, 0.25) is 0 Å². The summed E-state index contributed by atoms with van der Waals surface area (Å²) in [4.78, 5) is 18.7. The zero-order valence-corrected chi connectivity index (χ0v) is 14.5. The van der Waals surface area contributed by atoms with Gasteiger partial charge in [-0.2, -0.15) is 4.98 Å². The molecule has 4 rings (SSSR count). The number of benzene rings is 2. The first-order chi connectivity index (χ1) is 12.7. The predicted molar refractivity (Wildman–Crippen MR) is 95.8 cm³/mol. The highest BCUT2D eigenvalue weighted by atomic mass is 16.5. The number of amides is 1. The standard InChI is InChI=1S/C20H19N3O3/c1-14-21-19(26-22-14)15-7-9-16(10-8-15)20(24)23-12-11-18(13-23)25-17-5-3-2-4-6-17/h2-10,18H,11-13H2,1H3/t18-/m0/s1. The lowest BCUT2D eigenvalue weighted by molar-refractivity contribution is 0.0772. The second kappa shape index (κ2) is 7.00. The molecule has 1 saturated heterocycles. The van der Waals surface area contributed by atoms with Crippen molar-refractivity contribution >= 4 is 5.91 Å². The van der Waals surface area contributed by atoms with Gasteiger partial charge in [0.25, 0.3) is 11.8 Å². The van der Waals surface area contributed by atoms with Crippen molar-refractivity contribution in [3.05, 3.63) is 66.0 Å². The van der Waals surface area contributed by atoms with Crippen LogP contribution in [-0.4, -0.2) is 40.1 Å². The molecule has 6 heteroatoms. The van der Waals surface area contributed by atoms with Gasteiger partial charge in [0.05, 0.1) is 6.54 Å². The number of hydrogen-bond acceptors (Lipinski definition) is 5. The number of rotatable bonds is 4. The van der Waals surface area contributed by atoms with Crippen LogP contribution in [0.4, 0.5) is 0 Å². The molecule has 0 unspecified atom stereocenters. The van der Waals surface area contributed by atoms with Crippen LogP contribution in [0, 0.1) is 6.92 Å². The average Bonchev–Trinajstić information content (AvgIpc) is 3.31. The molecule has 1 atom stereocenters. The van der Waals surface area contributed by atoms with Gasteiger partial charge in [-0.15, -0.1) is 0 Å². The quantitative estimate of drug-likeness (QED) is 0.723. The Morgan fingerprint density at radius 2 is 1.92 bits per heavy atom. The van der Waals surface area contributed by atoms with Crippen molar-refractivity contribution in [2.45, 2.75) is 19.4 Å². The highest BCUT2D eigenvalue weighted by Crippen LogP contribution is 2.22. The molecule has 1 aromatic heterocycles. The first-order valence-corrected chi connectivity index (χ1v) is 8.61. The van der Waals surface area contributed by atoms with Crippen molar-refractivity contribution < 1.29 is 14.1 Å². The largest absolute Gasteiger partial charge is 0.489 e. The zero-order chi connectivity index (χ0) is 17.9. The predicted octanol–water partition coefficient (Wildman–Crippen LogP) is 3.34. The minimum atomic E-state index is 0.0115. The molecule has 1 aliphatic heterocycles. The molecular weight excluding hydrogens is 330 g/mol. The fraction of sp³-hybridized carbons (Fsp3) is 0.250. The minimum absolute atomic E-state index is 0.0115. The number of para-hydroxylation sites is 1. The third kappa shape index (κ3) is 3.44. The maximum atomic E-state index is 12.7. The van der Waals surface area contributed by atoms with Gasteiger partial charge in [-0.05, 0) is 43.3 Å². The third-order valence-corrected chi connectivity index (χ3v) is 4.38. The number of ether oxygens (including phenoxy) is 1. The van der Waals surface area contributed by atoms with E-state index in [4.69, 9.17) is 9.26 Å². The summed E-state index contributed by atoms with van der Waals surface area (Å²) in [5.41, 5.74) is 1.44. The Balaban J connectivity index is 1.40. The van der Waals surface area contributed by atoms with E-state index in [9.17, 15) is 4.79 Å². The summed E-state index contributed by atoms with van der Waals surface area (Å²) >= 11 is 0. The Morgan fingerprint density at radius 1 is 1.15 bits per heavy atom. The molecule has 2 heterocycles. The lowest BCUT2D eigenvalue weighted by Crippen LogP contribution is -2.30. The Morgan fingerprint density at radius 3 is 2.62 bits per heavy atom. The number of carbonyl (C=O) groups is 1. The van der Waals surface area contributed by atoms with Crippen LogP contribution in [0.3, 0.4) is 0 Å². The van der Waals surface area contributed by atoms with Gasteiger partial charge in [-0.1, -0.05) is 23.4 Å². The average molecular weight is 349 g/mol. The molecule has 1 amide bonds. The third-order valence-electron chi connectivity index (χ3n) is 4.38. The summed E-state index contributed by atoms with van der Waals surface area (Å²) in [6.45, 7) is 3.06. The van der Waals surface area contributed by atoms with Gasteiger partial charge in [0.2, 0.25) is 0 Å². The van der Waals surface area contributed by atoms with Gasteiger partial charge < -0.3 is 14.2 Å². The van der Waals surface area contributed by atoms with E-state index in [0.717, 1.165) is 17.7 Å². The lowest BCUT2D eigenvalue weighted by Gasteiger charge is -2.17. The molecule has 6 nitrogen and oxygen atoms in total.